The predicted octanol–water partition coefficient (Wildman–Crippen LogP) is 5.21. The Labute approximate surface area is 151 Å². The lowest BCUT2D eigenvalue weighted by atomic mass is 10.0. The van der Waals surface area contributed by atoms with E-state index >= 15 is 0 Å². The van der Waals surface area contributed by atoms with Crippen molar-refractivity contribution in [3.8, 4) is 28.8 Å². The van der Waals surface area contributed by atoms with Gasteiger partial charge < -0.3 is 14.5 Å². The number of benzene rings is 2. The molecule has 0 radical (unpaired) electrons. The molecule has 1 N–H and O–H groups in total. The zero-order valence-electron chi connectivity index (χ0n) is 14.1. The molecular weight excluding hydrogens is 332 g/mol. The number of aromatic nitrogens is 2. The van der Waals surface area contributed by atoms with Gasteiger partial charge >= 0.3 is 0 Å². The second-order valence-corrected chi connectivity index (χ2v) is 6.39. The van der Waals surface area contributed by atoms with Crippen molar-refractivity contribution in [2.45, 2.75) is 20.3 Å². The molecule has 0 amide bonds. The van der Waals surface area contributed by atoms with Crippen LogP contribution in [0.5, 0.6) is 17.4 Å². The van der Waals surface area contributed by atoms with E-state index in [4.69, 9.17) is 21.7 Å². The molecule has 0 unspecified atom stereocenters. The van der Waals surface area contributed by atoms with Crippen molar-refractivity contribution >= 4 is 12.2 Å². The predicted molar refractivity (Wildman–Crippen MR) is 100 cm³/mol. The highest BCUT2D eigenvalue weighted by atomic mass is 32.1. The van der Waals surface area contributed by atoms with Gasteiger partial charge in [-0.1, -0.05) is 42.5 Å². The van der Waals surface area contributed by atoms with Crippen molar-refractivity contribution in [1.82, 2.24) is 9.97 Å². The van der Waals surface area contributed by atoms with Crippen LogP contribution < -0.4 is 9.47 Å². The fourth-order valence-electron chi connectivity index (χ4n) is 3.05. The molecule has 2 heterocycles. The standard InChI is InChI=1S/C20H18N2O2S/c1-3-23-15-9-5-8-14(10-15)18-21-19-16(20(25)22-18)11-13-7-4-6-12(2)17(13)24-19/h4-10H,3,11H2,1-2H3,(H,21,22,25). The highest BCUT2D eigenvalue weighted by Crippen LogP contribution is 2.38. The maximum absolute atomic E-state index is 6.14. The summed E-state index contributed by atoms with van der Waals surface area (Å²) in [5.74, 6) is 3.07. The number of aryl methyl sites for hydroxylation is 1. The highest BCUT2D eigenvalue weighted by Gasteiger charge is 2.21. The maximum Gasteiger partial charge on any atom is 0.205 e. The van der Waals surface area contributed by atoms with Gasteiger partial charge in [-0.15, -0.1) is 0 Å². The third kappa shape index (κ3) is 2.91. The first-order valence-electron chi connectivity index (χ1n) is 8.28. The fourth-order valence-corrected chi connectivity index (χ4v) is 3.30. The molecule has 1 aliphatic heterocycles. The van der Waals surface area contributed by atoms with Gasteiger partial charge in [0.05, 0.1) is 12.2 Å². The summed E-state index contributed by atoms with van der Waals surface area (Å²) in [6.45, 7) is 4.63. The summed E-state index contributed by atoms with van der Waals surface area (Å²) in [6.07, 6.45) is 0.730. The summed E-state index contributed by atoms with van der Waals surface area (Å²) in [4.78, 5) is 7.88. The monoisotopic (exact) mass is 350 g/mol. The summed E-state index contributed by atoms with van der Waals surface area (Å²) < 4.78 is 12.3. The molecule has 0 atom stereocenters. The molecule has 3 aromatic rings. The molecule has 4 nitrogen and oxygen atoms in total. The molecule has 5 heteroatoms. The van der Waals surface area contributed by atoms with Gasteiger partial charge in [0.1, 0.15) is 22.0 Å². The summed E-state index contributed by atoms with van der Waals surface area (Å²) >= 11 is 5.53. The molecular formula is C20H18N2O2S. The number of ether oxygens (including phenoxy) is 2. The Morgan fingerprint density at radius 1 is 1.24 bits per heavy atom. The molecule has 0 aliphatic carbocycles. The number of rotatable bonds is 3. The van der Waals surface area contributed by atoms with Gasteiger partial charge in [-0.3, -0.25) is 0 Å². The van der Waals surface area contributed by atoms with Gasteiger partial charge in [-0.2, -0.15) is 0 Å². The van der Waals surface area contributed by atoms with Crippen LogP contribution in [0, 0.1) is 11.6 Å². The molecule has 2 aromatic carbocycles. The molecule has 126 valence electrons. The third-order valence-electron chi connectivity index (χ3n) is 4.26. The number of H-pyrrole nitrogens is 1. The topological polar surface area (TPSA) is 47.1 Å². The molecule has 1 aliphatic rings. The van der Waals surface area contributed by atoms with Crippen molar-refractivity contribution in [2.24, 2.45) is 0 Å². The van der Waals surface area contributed by atoms with Gasteiger partial charge in [0.15, 0.2) is 0 Å². The molecule has 0 saturated heterocycles. The van der Waals surface area contributed by atoms with Gasteiger partial charge in [-0.25, -0.2) is 4.98 Å². The van der Waals surface area contributed by atoms with Crippen molar-refractivity contribution < 1.29 is 9.47 Å². The lowest BCUT2D eigenvalue weighted by Crippen LogP contribution is -2.08. The first-order valence-corrected chi connectivity index (χ1v) is 8.69. The van der Waals surface area contributed by atoms with E-state index in [2.05, 4.69) is 16.0 Å². The number of hydrogen-bond acceptors (Lipinski definition) is 4. The Morgan fingerprint density at radius 3 is 2.92 bits per heavy atom. The van der Waals surface area contributed by atoms with Crippen molar-refractivity contribution in [1.29, 1.82) is 0 Å². The van der Waals surface area contributed by atoms with Crippen LogP contribution >= 0.6 is 12.2 Å². The third-order valence-corrected chi connectivity index (χ3v) is 4.60. The highest BCUT2D eigenvalue weighted by molar-refractivity contribution is 7.71. The van der Waals surface area contributed by atoms with Gasteiger partial charge in [0.25, 0.3) is 0 Å². The van der Waals surface area contributed by atoms with Crippen molar-refractivity contribution in [3.05, 3.63) is 63.8 Å². The van der Waals surface area contributed by atoms with Crippen molar-refractivity contribution in [2.75, 3.05) is 6.61 Å². The number of nitrogens with zero attached hydrogens (tertiary/aromatic N) is 1. The lowest BCUT2D eigenvalue weighted by molar-refractivity contribution is 0.340. The van der Waals surface area contributed by atoms with E-state index in [0.717, 1.165) is 40.2 Å². The van der Waals surface area contributed by atoms with Gasteiger partial charge in [0.2, 0.25) is 5.88 Å². The van der Waals surface area contributed by atoms with Crippen molar-refractivity contribution in [3.63, 3.8) is 0 Å². The number of hydrogen-bond donors (Lipinski definition) is 1. The maximum atomic E-state index is 6.14. The minimum atomic E-state index is 0.567. The molecule has 0 spiro atoms. The Balaban J connectivity index is 1.79. The molecule has 1 aromatic heterocycles. The van der Waals surface area contributed by atoms with Gasteiger partial charge in [0, 0.05) is 12.0 Å². The zero-order valence-corrected chi connectivity index (χ0v) is 14.9. The van der Waals surface area contributed by atoms with E-state index in [-0.39, 0.29) is 0 Å². The van der Waals surface area contributed by atoms with Crippen LogP contribution in [0.25, 0.3) is 11.4 Å². The minimum Gasteiger partial charge on any atom is -0.494 e. The average molecular weight is 350 g/mol. The van der Waals surface area contributed by atoms with Crippen LogP contribution in [-0.2, 0) is 6.42 Å². The van der Waals surface area contributed by atoms with E-state index in [1.165, 1.54) is 0 Å². The smallest absolute Gasteiger partial charge is 0.205 e. The molecule has 25 heavy (non-hydrogen) atoms. The quantitative estimate of drug-likeness (QED) is 0.515. The summed E-state index contributed by atoms with van der Waals surface area (Å²) in [5, 5.41) is 0. The summed E-state index contributed by atoms with van der Waals surface area (Å²) in [5.41, 5.74) is 4.09. The van der Waals surface area contributed by atoms with Gasteiger partial charge in [-0.05, 0) is 37.1 Å². The SMILES string of the molecule is CCOc1cccc(-c2nc(=S)c3c([nH]2)Oc2c(C)cccc2C3)c1. The Morgan fingerprint density at radius 2 is 2.08 bits per heavy atom. The Bertz CT molecular complexity index is 1010. The van der Waals surface area contributed by atoms with E-state index in [1.54, 1.807) is 0 Å². The van der Waals surface area contributed by atoms with E-state index < -0.39 is 0 Å². The lowest BCUT2D eigenvalue weighted by Gasteiger charge is -2.22. The summed E-state index contributed by atoms with van der Waals surface area (Å²) in [6, 6.07) is 14.0. The summed E-state index contributed by atoms with van der Waals surface area (Å²) in [7, 11) is 0. The van der Waals surface area contributed by atoms with Crippen LogP contribution in [0.15, 0.2) is 42.5 Å². The van der Waals surface area contributed by atoms with E-state index in [9.17, 15) is 0 Å². The molecule has 4 rings (SSSR count). The van der Waals surface area contributed by atoms with Crippen LogP contribution in [-0.4, -0.2) is 16.6 Å². The number of fused-ring (bicyclic) bond motifs is 2. The molecule has 0 fully saturated rings. The number of para-hydroxylation sites is 1. The number of aromatic amines is 1. The van der Waals surface area contributed by atoms with Crippen LogP contribution in [0.3, 0.4) is 0 Å². The van der Waals surface area contributed by atoms with Crippen LogP contribution in [0.4, 0.5) is 0 Å². The normalized spacial score (nSPS) is 12.1. The van der Waals surface area contributed by atoms with Crippen LogP contribution in [0.2, 0.25) is 0 Å². The largest absolute Gasteiger partial charge is 0.494 e. The second-order valence-electron chi connectivity index (χ2n) is 6.00. The van der Waals surface area contributed by atoms with Crippen LogP contribution in [0.1, 0.15) is 23.6 Å². The van der Waals surface area contributed by atoms with E-state index in [0.29, 0.717) is 23.0 Å². The molecule has 0 bridgehead atoms. The zero-order chi connectivity index (χ0) is 17.4. The number of nitrogens with one attached hydrogen (secondary N) is 1. The fraction of sp³-hybridized carbons (Fsp3) is 0.200. The average Bonchev–Trinajstić information content (AvgIpc) is 2.62. The Kier molecular flexibility index (Phi) is 4.01. The molecule has 0 saturated carbocycles. The Hall–Kier alpha value is -2.66. The second kappa shape index (κ2) is 6.33. The minimum absolute atomic E-state index is 0.567. The first kappa shape index (κ1) is 15.8. The first-order chi connectivity index (χ1) is 12.2. The van der Waals surface area contributed by atoms with E-state index in [1.807, 2.05) is 50.2 Å².